The first kappa shape index (κ1) is 22.2. The van der Waals surface area contributed by atoms with E-state index in [1.807, 2.05) is 30.1 Å². The van der Waals surface area contributed by atoms with Crippen LogP contribution in [0.1, 0.15) is 53.9 Å². The van der Waals surface area contributed by atoms with Crippen molar-refractivity contribution in [1.29, 1.82) is 0 Å². The van der Waals surface area contributed by atoms with Gasteiger partial charge in [-0.05, 0) is 38.1 Å². The molecule has 0 amide bonds. The highest BCUT2D eigenvalue weighted by atomic mass is 127. The average molecular weight is 501 g/mol. The van der Waals surface area contributed by atoms with Crippen molar-refractivity contribution in [2.45, 2.75) is 57.9 Å². The quantitative estimate of drug-likeness (QED) is 0.365. The van der Waals surface area contributed by atoms with Gasteiger partial charge in [-0.25, -0.2) is 0 Å². The standard InChI is InChI=1S/C20H31N5S.HI/c1-15-17(16(2)25(4)24-15)13-22-19(21-3)23-14-20(10-6-5-7-11-20)18-9-8-12-26-18;/h8-9,12H,5-7,10-11,13-14H2,1-4H3,(H2,21,22,23);1H. The van der Waals surface area contributed by atoms with Crippen LogP contribution in [-0.4, -0.2) is 29.3 Å². The number of aryl methyl sites for hydroxylation is 2. The summed E-state index contributed by atoms with van der Waals surface area (Å²) in [5, 5.41) is 13.8. The molecule has 0 aliphatic heterocycles. The molecule has 3 rings (SSSR count). The Morgan fingerprint density at radius 1 is 1.26 bits per heavy atom. The lowest BCUT2D eigenvalue weighted by atomic mass is 9.73. The summed E-state index contributed by atoms with van der Waals surface area (Å²) in [7, 11) is 3.84. The fourth-order valence-electron chi connectivity index (χ4n) is 4.04. The van der Waals surface area contributed by atoms with Gasteiger partial charge in [-0.1, -0.05) is 25.3 Å². The number of guanidine groups is 1. The third-order valence-corrected chi connectivity index (χ3v) is 6.88. The molecule has 0 bridgehead atoms. The van der Waals surface area contributed by atoms with Crippen molar-refractivity contribution >= 4 is 41.3 Å². The molecule has 1 aliphatic carbocycles. The molecule has 1 saturated carbocycles. The van der Waals surface area contributed by atoms with Gasteiger partial charge in [0.25, 0.3) is 0 Å². The van der Waals surface area contributed by atoms with Gasteiger partial charge in [0.05, 0.1) is 5.69 Å². The molecule has 1 aliphatic rings. The Morgan fingerprint density at radius 3 is 2.56 bits per heavy atom. The molecular formula is C20H32IN5S. The van der Waals surface area contributed by atoms with Crippen LogP contribution in [-0.2, 0) is 19.0 Å². The lowest BCUT2D eigenvalue weighted by molar-refractivity contribution is 0.296. The zero-order valence-corrected chi connectivity index (χ0v) is 20.0. The second-order valence-corrected chi connectivity index (χ2v) is 8.32. The monoisotopic (exact) mass is 501 g/mol. The molecule has 2 N–H and O–H groups in total. The van der Waals surface area contributed by atoms with Gasteiger partial charge in [0.15, 0.2) is 5.96 Å². The molecule has 7 heteroatoms. The summed E-state index contributed by atoms with van der Waals surface area (Å²) in [6.07, 6.45) is 6.52. The Labute approximate surface area is 184 Å². The SMILES string of the molecule is CN=C(NCc1c(C)nn(C)c1C)NCC1(c2cccs2)CCCCC1.I. The molecular weight excluding hydrogens is 469 g/mol. The van der Waals surface area contributed by atoms with E-state index in [0.717, 1.165) is 24.7 Å². The first-order chi connectivity index (χ1) is 12.6. The minimum atomic E-state index is 0. The first-order valence-corrected chi connectivity index (χ1v) is 10.4. The predicted octanol–water partition coefficient (Wildman–Crippen LogP) is 4.28. The van der Waals surface area contributed by atoms with Crippen LogP contribution in [0, 0.1) is 13.8 Å². The number of nitrogens with one attached hydrogen (secondary N) is 2. The molecule has 0 atom stereocenters. The van der Waals surface area contributed by atoms with Gasteiger partial charge in [0, 0.05) is 48.7 Å². The molecule has 2 aromatic heterocycles. The minimum Gasteiger partial charge on any atom is -0.355 e. The Hall–Kier alpha value is -1.09. The fourth-order valence-corrected chi connectivity index (χ4v) is 5.03. The van der Waals surface area contributed by atoms with Gasteiger partial charge in [-0.15, -0.1) is 35.3 Å². The molecule has 0 unspecified atom stereocenters. The van der Waals surface area contributed by atoms with Crippen LogP contribution in [0.2, 0.25) is 0 Å². The number of thiophene rings is 1. The summed E-state index contributed by atoms with van der Waals surface area (Å²) >= 11 is 1.89. The van der Waals surface area contributed by atoms with Gasteiger partial charge in [-0.2, -0.15) is 5.10 Å². The number of hydrogen-bond donors (Lipinski definition) is 2. The first-order valence-electron chi connectivity index (χ1n) is 9.53. The van der Waals surface area contributed by atoms with E-state index in [4.69, 9.17) is 0 Å². The lowest BCUT2D eigenvalue weighted by Gasteiger charge is -2.37. The van der Waals surface area contributed by atoms with Crippen molar-refractivity contribution in [3.8, 4) is 0 Å². The van der Waals surface area contributed by atoms with Crippen molar-refractivity contribution in [3.63, 3.8) is 0 Å². The second-order valence-electron chi connectivity index (χ2n) is 7.37. The number of halogens is 1. The molecule has 2 heterocycles. The zero-order valence-electron chi connectivity index (χ0n) is 16.8. The zero-order chi connectivity index (χ0) is 18.6. The van der Waals surface area contributed by atoms with Crippen molar-refractivity contribution in [3.05, 3.63) is 39.3 Å². The topological polar surface area (TPSA) is 54.2 Å². The van der Waals surface area contributed by atoms with Crippen LogP contribution in [0.3, 0.4) is 0 Å². The van der Waals surface area contributed by atoms with Crippen LogP contribution in [0.4, 0.5) is 0 Å². The maximum absolute atomic E-state index is 4.50. The fraction of sp³-hybridized carbons (Fsp3) is 0.600. The van der Waals surface area contributed by atoms with Gasteiger partial charge in [-0.3, -0.25) is 9.67 Å². The van der Waals surface area contributed by atoms with Gasteiger partial charge >= 0.3 is 0 Å². The van der Waals surface area contributed by atoms with Crippen LogP contribution < -0.4 is 10.6 Å². The van der Waals surface area contributed by atoms with Gasteiger partial charge in [0.2, 0.25) is 0 Å². The van der Waals surface area contributed by atoms with Crippen LogP contribution >= 0.6 is 35.3 Å². The third kappa shape index (κ3) is 5.04. The highest BCUT2D eigenvalue weighted by molar-refractivity contribution is 14.0. The Morgan fingerprint density at radius 2 is 2.00 bits per heavy atom. The number of hydrogen-bond acceptors (Lipinski definition) is 3. The highest BCUT2D eigenvalue weighted by Gasteiger charge is 2.34. The normalized spacial score (nSPS) is 16.7. The smallest absolute Gasteiger partial charge is 0.191 e. The summed E-state index contributed by atoms with van der Waals surface area (Å²) in [6, 6.07) is 4.48. The van der Waals surface area contributed by atoms with Gasteiger partial charge in [0.1, 0.15) is 0 Å². The van der Waals surface area contributed by atoms with Crippen molar-refractivity contribution < 1.29 is 0 Å². The van der Waals surface area contributed by atoms with Crippen LogP contribution in [0.5, 0.6) is 0 Å². The summed E-state index contributed by atoms with van der Waals surface area (Å²) in [6.45, 7) is 5.87. The Kier molecular flexibility index (Phi) is 8.15. The molecule has 0 spiro atoms. The summed E-state index contributed by atoms with van der Waals surface area (Å²) in [4.78, 5) is 5.95. The summed E-state index contributed by atoms with van der Waals surface area (Å²) in [5.41, 5.74) is 3.79. The molecule has 1 fully saturated rings. The van der Waals surface area contributed by atoms with E-state index in [9.17, 15) is 0 Å². The van der Waals surface area contributed by atoms with E-state index in [1.54, 1.807) is 0 Å². The van der Waals surface area contributed by atoms with Gasteiger partial charge < -0.3 is 10.6 Å². The third-order valence-electron chi connectivity index (χ3n) is 5.76. The molecule has 5 nitrogen and oxygen atoms in total. The van der Waals surface area contributed by atoms with Crippen LogP contribution in [0.15, 0.2) is 22.5 Å². The Balaban J connectivity index is 0.00000261. The van der Waals surface area contributed by atoms with E-state index < -0.39 is 0 Å². The van der Waals surface area contributed by atoms with E-state index in [-0.39, 0.29) is 29.4 Å². The number of rotatable bonds is 5. The van der Waals surface area contributed by atoms with E-state index in [1.165, 1.54) is 48.2 Å². The van der Waals surface area contributed by atoms with Crippen molar-refractivity contribution in [2.24, 2.45) is 12.0 Å². The largest absolute Gasteiger partial charge is 0.355 e. The molecule has 0 aromatic carbocycles. The maximum Gasteiger partial charge on any atom is 0.191 e. The molecule has 0 radical (unpaired) electrons. The molecule has 150 valence electrons. The number of nitrogens with zero attached hydrogens (tertiary/aromatic N) is 3. The lowest BCUT2D eigenvalue weighted by Crippen LogP contribution is -2.46. The maximum atomic E-state index is 4.50. The molecule has 0 saturated heterocycles. The van der Waals surface area contributed by atoms with E-state index >= 15 is 0 Å². The van der Waals surface area contributed by atoms with Crippen LogP contribution in [0.25, 0.3) is 0 Å². The number of aliphatic imine (C=N–C) groups is 1. The number of aromatic nitrogens is 2. The van der Waals surface area contributed by atoms with Crippen molar-refractivity contribution in [2.75, 3.05) is 13.6 Å². The average Bonchev–Trinajstić information content (AvgIpc) is 3.27. The minimum absolute atomic E-state index is 0. The Bertz CT molecular complexity index is 745. The van der Waals surface area contributed by atoms with E-state index in [0.29, 0.717) is 0 Å². The molecule has 2 aromatic rings. The summed E-state index contributed by atoms with van der Waals surface area (Å²) in [5.74, 6) is 0.870. The second kappa shape index (κ2) is 9.91. The van der Waals surface area contributed by atoms with Crippen molar-refractivity contribution in [1.82, 2.24) is 20.4 Å². The predicted molar refractivity (Wildman–Crippen MR) is 125 cm³/mol. The summed E-state index contributed by atoms with van der Waals surface area (Å²) < 4.78 is 1.94. The highest BCUT2D eigenvalue weighted by Crippen LogP contribution is 2.41. The van der Waals surface area contributed by atoms with E-state index in [2.05, 4.69) is 52.1 Å². The molecule has 27 heavy (non-hydrogen) atoms.